The lowest BCUT2D eigenvalue weighted by atomic mass is 10.1. The van der Waals surface area contributed by atoms with E-state index in [1.54, 1.807) is 6.04 Å². The van der Waals surface area contributed by atoms with E-state index in [1.165, 1.54) is 74.3 Å². The second-order valence-electron chi connectivity index (χ2n) is 5.66. The molecule has 0 N–H and O–H groups in total. The van der Waals surface area contributed by atoms with Gasteiger partial charge in [-0.25, -0.2) is 4.79 Å². The zero-order valence-electron chi connectivity index (χ0n) is 13.6. The van der Waals surface area contributed by atoms with Gasteiger partial charge in [-0.05, 0) is 10.5 Å². The third kappa shape index (κ3) is 18.1. The topological polar surface area (TPSA) is 26.3 Å². The molecule has 0 aliphatic rings. The van der Waals surface area contributed by atoms with Gasteiger partial charge in [-0.1, -0.05) is 99.4 Å². The zero-order chi connectivity index (χ0) is 15.6. The first-order chi connectivity index (χ1) is 10.3. The number of rotatable bonds is 16. The minimum Gasteiger partial charge on any atom is -0.463 e. The number of unbranched alkanes of at least 4 members (excludes halogenated alkanes) is 10. The Morgan fingerprint density at radius 2 is 1.38 bits per heavy atom. The molecule has 0 saturated heterocycles. The number of hydrogen-bond acceptors (Lipinski definition) is 2. The van der Waals surface area contributed by atoms with Gasteiger partial charge in [0.2, 0.25) is 0 Å². The summed E-state index contributed by atoms with van der Waals surface area (Å²) in [6, 6.07) is 1.56. The molecule has 2 nitrogen and oxygen atoms in total. The van der Waals surface area contributed by atoms with Gasteiger partial charge in [-0.3, -0.25) is 0 Å². The highest BCUT2D eigenvalue weighted by Crippen LogP contribution is 2.12. The van der Waals surface area contributed by atoms with E-state index in [-0.39, 0.29) is 5.97 Å². The summed E-state index contributed by atoms with van der Waals surface area (Å²) < 4.78 is 6.40. The average molecular weight is 424 g/mol. The first-order valence-electron chi connectivity index (χ1n) is 8.66. The molecule has 0 unspecified atom stereocenters. The van der Waals surface area contributed by atoms with Crippen LogP contribution in [0.1, 0.15) is 70.6 Å². The van der Waals surface area contributed by atoms with Crippen LogP contribution in [-0.2, 0) is 9.53 Å². The van der Waals surface area contributed by atoms with E-state index in [2.05, 4.69) is 29.2 Å². The molecule has 0 bridgehead atoms. The maximum Gasteiger partial charge on any atom is 0.330 e. The normalized spacial score (nSPS) is 11.1. The summed E-state index contributed by atoms with van der Waals surface area (Å²) in [6.45, 7) is 3.92. The number of halogens is 1. The van der Waals surface area contributed by atoms with Crippen molar-refractivity contribution in [1.29, 1.82) is 0 Å². The Kier molecular flexibility index (Phi) is 18.3. The van der Waals surface area contributed by atoms with E-state index < -0.39 is 0 Å². The van der Waals surface area contributed by atoms with Gasteiger partial charge < -0.3 is 4.74 Å². The van der Waals surface area contributed by atoms with E-state index in [1.807, 2.05) is 0 Å². The molecule has 0 aromatic carbocycles. The summed E-state index contributed by atoms with van der Waals surface area (Å²) in [6.07, 6.45) is 16.0. The van der Waals surface area contributed by atoms with Crippen LogP contribution in [0, 0.1) is 0 Å². The van der Waals surface area contributed by atoms with Gasteiger partial charge >= 0.3 is 5.97 Å². The van der Waals surface area contributed by atoms with Gasteiger partial charge in [0, 0.05) is 15.6 Å². The molecule has 4 heteroatoms. The van der Waals surface area contributed by atoms with Crippen molar-refractivity contribution in [2.24, 2.45) is 0 Å². The van der Waals surface area contributed by atoms with Crippen molar-refractivity contribution in [2.75, 3.05) is 10.7 Å². The van der Waals surface area contributed by atoms with Crippen LogP contribution in [0.2, 0.25) is 6.04 Å². The van der Waals surface area contributed by atoms with E-state index in [9.17, 15) is 4.79 Å². The van der Waals surface area contributed by atoms with Crippen LogP contribution in [0.15, 0.2) is 12.7 Å². The number of hydrogen-bond donors (Lipinski definition) is 0. The molecular formula is C17H33IO2Si. The maximum atomic E-state index is 10.8. The SMILES string of the molecule is C=CC(=O)OCCCCCCCCCCCCC[SiH2]CI. The highest BCUT2D eigenvalue weighted by atomic mass is 127. The summed E-state index contributed by atoms with van der Waals surface area (Å²) in [7, 11) is 0.310. The van der Waals surface area contributed by atoms with E-state index in [0.29, 0.717) is 16.1 Å². The predicted molar refractivity (Wildman–Crippen MR) is 104 cm³/mol. The fourth-order valence-corrected chi connectivity index (χ4v) is 4.89. The van der Waals surface area contributed by atoms with Crippen molar-refractivity contribution in [1.82, 2.24) is 0 Å². The number of carbonyl (C=O) groups is 1. The molecule has 0 aliphatic carbocycles. The fraction of sp³-hybridized carbons (Fsp3) is 0.824. The third-order valence-electron chi connectivity index (χ3n) is 3.69. The van der Waals surface area contributed by atoms with E-state index in [0.717, 1.165) is 6.42 Å². The molecule has 21 heavy (non-hydrogen) atoms. The quantitative estimate of drug-likeness (QED) is 0.0872. The summed E-state index contributed by atoms with van der Waals surface area (Å²) >= 11 is 2.53. The molecular weight excluding hydrogens is 391 g/mol. The zero-order valence-corrected chi connectivity index (χ0v) is 17.2. The Bertz CT molecular complexity index is 247. The van der Waals surface area contributed by atoms with Crippen molar-refractivity contribution >= 4 is 38.1 Å². The molecule has 0 amide bonds. The first kappa shape index (κ1) is 21.2. The largest absolute Gasteiger partial charge is 0.463 e. The lowest BCUT2D eigenvalue weighted by Crippen LogP contribution is -2.01. The van der Waals surface area contributed by atoms with Crippen LogP contribution in [0.5, 0.6) is 0 Å². The van der Waals surface area contributed by atoms with Crippen LogP contribution in [0.3, 0.4) is 0 Å². The monoisotopic (exact) mass is 424 g/mol. The number of esters is 1. The summed E-state index contributed by atoms with van der Waals surface area (Å²) in [5.74, 6) is -0.299. The smallest absolute Gasteiger partial charge is 0.330 e. The van der Waals surface area contributed by atoms with Gasteiger partial charge in [0.25, 0.3) is 0 Å². The molecule has 124 valence electrons. The van der Waals surface area contributed by atoms with E-state index in [4.69, 9.17) is 4.74 Å². The lowest BCUT2D eigenvalue weighted by Gasteiger charge is -2.03. The van der Waals surface area contributed by atoms with Crippen molar-refractivity contribution in [3.05, 3.63) is 12.7 Å². The van der Waals surface area contributed by atoms with Crippen LogP contribution < -0.4 is 0 Å². The molecule has 0 saturated carbocycles. The second-order valence-corrected chi connectivity index (χ2v) is 10.7. The summed E-state index contributed by atoms with van der Waals surface area (Å²) in [5, 5.41) is 0. The molecule has 0 aliphatic heterocycles. The Morgan fingerprint density at radius 1 is 0.905 bits per heavy atom. The van der Waals surface area contributed by atoms with Crippen molar-refractivity contribution < 1.29 is 9.53 Å². The number of ether oxygens (including phenoxy) is 1. The van der Waals surface area contributed by atoms with Gasteiger partial charge in [-0.15, -0.1) is 0 Å². The second kappa shape index (κ2) is 18.2. The molecule has 0 aromatic rings. The standard InChI is InChI=1S/C17H33IO2Si/c1-2-17(19)20-14-12-10-8-6-4-3-5-7-9-11-13-15-21-16-18/h2H,1,3-16,21H2. The van der Waals surface area contributed by atoms with Crippen molar-refractivity contribution in [3.8, 4) is 0 Å². The van der Waals surface area contributed by atoms with Gasteiger partial charge in [-0.2, -0.15) is 0 Å². The number of alkyl halides is 1. The Hall–Kier alpha value is 0.157. The average Bonchev–Trinajstić information content (AvgIpc) is 2.50. The van der Waals surface area contributed by atoms with Crippen molar-refractivity contribution in [3.63, 3.8) is 0 Å². The Morgan fingerprint density at radius 3 is 1.86 bits per heavy atom. The van der Waals surface area contributed by atoms with Gasteiger partial charge in [0.15, 0.2) is 0 Å². The molecule has 0 fully saturated rings. The molecule has 0 spiro atoms. The molecule has 0 radical (unpaired) electrons. The predicted octanol–water partition coefficient (Wildman–Crippen LogP) is 4.99. The Balaban J connectivity index is 2.99. The maximum absolute atomic E-state index is 10.8. The Labute approximate surface area is 147 Å². The van der Waals surface area contributed by atoms with Gasteiger partial charge in [0.05, 0.1) is 6.61 Å². The number of carbonyl (C=O) groups excluding carboxylic acids is 1. The highest BCUT2D eigenvalue weighted by Gasteiger charge is 1.96. The highest BCUT2D eigenvalue weighted by molar-refractivity contribution is 14.1. The minimum absolute atomic E-state index is 0.299. The van der Waals surface area contributed by atoms with Crippen LogP contribution in [0.25, 0.3) is 0 Å². The molecule has 0 atom stereocenters. The lowest BCUT2D eigenvalue weighted by molar-refractivity contribution is -0.137. The molecule has 0 aromatic heterocycles. The molecule has 0 rings (SSSR count). The first-order valence-corrected chi connectivity index (χ1v) is 12.2. The van der Waals surface area contributed by atoms with Crippen LogP contribution in [0.4, 0.5) is 0 Å². The van der Waals surface area contributed by atoms with Crippen LogP contribution in [-0.4, -0.2) is 26.1 Å². The van der Waals surface area contributed by atoms with Gasteiger partial charge in [0.1, 0.15) is 0 Å². The van der Waals surface area contributed by atoms with E-state index >= 15 is 0 Å². The van der Waals surface area contributed by atoms with Crippen LogP contribution >= 0.6 is 22.6 Å². The summed E-state index contributed by atoms with van der Waals surface area (Å²) in [4.78, 5) is 10.8. The van der Waals surface area contributed by atoms with Crippen molar-refractivity contribution in [2.45, 2.75) is 76.7 Å². The minimum atomic E-state index is -0.299. The third-order valence-corrected chi connectivity index (χ3v) is 7.24. The fourth-order valence-electron chi connectivity index (χ4n) is 2.37. The summed E-state index contributed by atoms with van der Waals surface area (Å²) in [5.41, 5.74) is 0. The molecule has 0 heterocycles.